The number of halogens is 1. The van der Waals surface area contributed by atoms with Crippen LogP contribution in [0.1, 0.15) is 15.2 Å². The van der Waals surface area contributed by atoms with Gasteiger partial charge in [-0.05, 0) is 23.8 Å². The van der Waals surface area contributed by atoms with E-state index < -0.39 is 0 Å². The van der Waals surface area contributed by atoms with Crippen molar-refractivity contribution >= 4 is 34.2 Å². The van der Waals surface area contributed by atoms with Crippen molar-refractivity contribution in [2.24, 2.45) is 0 Å². The lowest BCUT2D eigenvalue weighted by atomic mass is 10.2. The van der Waals surface area contributed by atoms with Gasteiger partial charge in [-0.2, -0.15) is 0 Å². The molecule has 0 N–H and O–H groups in total. The topological polar surface area (TPSA) is 20.3 Å². The Bertz CT molecular complexity index is 524. The summed E-state index contributed by atoms with van der Waals surface area (Å²) in [6.45, 7) is 0.735. The summed E-state index contributed by atoms with van der Waals surface area (Å²) < 4.78 is 0. The van der Waals surface area contributed by atoms with Crippen LogP contribution in [0.2, 0.25) is 5.02 Å². The van der Waals surface area contributed by atoms with Crippen molar-refractivity contribution in [2.45, 2.75) is 6.54 Å². The maximum Gasteiger partial charge on any atom is 0.160 e. The first-order valence-electron chi connectivity index (χ1n) is 5.20. The van der Waals surface area contributed by atoms with E-state index in [0.29, 0.717) is 0 Å². The minimum atomic E-state index is 0.735. The van der Waals surface area contributed by atoms with Gasteiger partial charge in [-0.1, -0.05) is 29.8 Å². The fraction of sp³-hybridized carbons (Fsp3) is 0.154. The smallest absolute Gasteiger partial charge is 0.160 e. The summed E-state index contributed by atoms with van der Waals surface area (Å²) in [5.41, 5.74) is 1.08. The number of hydrogen-bond acceptors (Lipinski definition) is 3. The Labute approximate surface area is 109 Å². The third-order valence-electron chi connectivity index (χ3n) is 2.47. The first kappa shape index (κ1) is 12.1. The van der Waals surface area contributed by atoms with Crippen molar-refractivity contribution in [3.63, 3.8) is 0 Å². The molecule has 1 aromatic heterocycles. The van der Waals surface area contributed by atoms with Crippen LogP contribution in [0.4, 0.5) is 5.00 Å². The molecular weight excluding hydrogens is 254 g/mol. The molecule has 0 atom stereocenters. The molecule has 0 bridgehead atoms. The van der Waals surface area contributed by atoms with Gasteiger partial charge >= 0.3 is 0 Å². The van der Waals surface area contributed by atoms with Gasteiger partial charge in [0.15, 0.2) is 6.29 Å². The van der Waals surface area contributed by atoms with Crippen LogP contribution < -0.4 is 4.90 Å². The van der Waals surface area contributed by atoms with E-state index in [4.69, 9.17) is 11.6 Å². The van der Waals surface area contributed by atoms with Crippen LogP contribution >= 0.6 is 22.9 Å². The number of carbonyl (C=O) groups excluding carboxylic acids is 1. The summed E-state index contributed by atoms with van der Waals surface area (Å²) >= 11 is 7.59. The van der Waals surface area contributed by atoms with Gasteiger partial charge in [-0.15, -0.1) is 11.3 Å². The van der Waals surface area contributed by atoms with Crippen LogP contribution in [0.5, 0.6) is 0 Å². The highest BCUT2D eigenvalue weighted by Crippen LogP contribution is 2.26. The Morgan fingerprint density at radius 1 is 1.29 bits per heavy atom. The van der Waals surface area contributed by atoms with E-state index in [1.807, 2.05) is 43.4 Å². The van der Waals surface area contributed by atoms with Crippen molar-refractivity contribution in [3.05, 3.63) is 51.9 Å². The number of carbonyl (C=O) groups is 1. The van der Waals surface area contributed by atoms with Gasteiger partial charge in [0.25, 0.3) is 0 Å². The largest absolute Gasteiger partial charge is 0.362 e. The van der Waals surface area contributed by atoms with Crippen LogP contribution in [-0.2, 0) is 6.54 Å². The summed E-state index contributed by atoms with van der Waals surface area (Å²) in [5.74, 6) is 0. The SMILES string of the molecule is CN(Cc1ccccc1Cl)c1ccc(C=O)s1. The molecule has 88 valence electrons. The average Bonchev–Trinajstić information content (AvgIpc) is 2.81. The van der Waals surface area contributed by atoms with Crippen molar-refractivity contribution in [2.75, 3.05) is 11.9 Å². The van der Waals surface area contributed by atoms with E-state index in [2.05, 4.69) is 4.90 Å². The van der Waals surface area contributed by atoms with Crippen molar-refractivity contribution in [1.29, 1.82) is 0 Å². The minimum Gasteiger partial charge on any atom is -0.362 e. The molecule has 2 nitrogen and oxygen atoms in total. The zero-order valence-corrected chi connectivity index (χ0v) is 11.0. The van der Waals surface area contributed by atoms with Crippen LogP contribution in [-0.4, -0.2) is 13.3 Å². The molecule has 0 radical (unpaired) electrons. The Morgan fingerprint density at radius 2 is 2.06 bits per heavy atom. The van der Waals surface area contributed by atoms with Crippen LogP contribution in [0.25, 0.3) is 0 Å². The second-order valence-electron chi connectivity index (χ2n) is 3.74. The highest BCUT2D eigenvalue weighted by molar-refractivity contribution is 7.17. The second-order valence-corrected chi connectivity index (χ2v) is 5.24. The summed E-state index contributed by atoms with van der Waals surface area (Å²) in [5, 5.41) is 1.83. The summed E-state index contributed by atoms with van der Waals surface area (Å²) in [6, 6.07) is 11.6. The molecule has 0 aliphatic carbocycles. The van der Waals surface area contributed by atoms with Gasteiger partial charge in [0.2, 0.25) is 0 Å². The van der Waals surface area contributed by atoms with Crippen molar-refractivity contribution in [1.82, 2.24) is 0 Å². The maximum absolute atomic E-state index is 10.6. The quantitative estimate of drug-likeness (QED) is 0.783. The zero-order chi connectivity index (χ0) is 12.3. The van der Waals surface area contributed by atoms with Gasteiger partial charge in [0.05, 0.1) is 9.88 Å². The monoisotopic (exact) mass is 265 g/mol. The molecule has 17 heavy (non-hydrogen) atoms. The molecule has 0 unspecified atom stereocenters. The minimum absolute atomic E-state index is 0.735. The van der Waals surface area contributed by atoms with Crippen LogP contribution in [0.15, 0.2) is 36.4 Å². The van der Waals surface area contributed by atoms with E-state index >= 15 is 0 Å². The highest BCUT2D eigenvalue weighted by Gasteiger charge is 2.07. The van der Waals surface area contributed by atoms with Gasteiger partial charge in [-0.25, -0.2) is 0 Å². The van der Waals surface area contributed by atoms with Crippen LogP contribution in [0, 0.1) is 0 Å². The number of aldehydes is 1. The van der Waals surface area contributed by atoms with E-state index in [9.17, 15) is 4.79 Å². The molecule has 4 heteroatoms. The Morgan fingerprint density at radius 3 is 2.71 bits per heavy atom. The Balaban J connectivity index is 2.14. The molecule has 0 aliphatic rings. The second kappa shape index (κ2) is 5.34. The van der Waals surface area contributed by atoms with Gasteiger partial charge in [0.1, 0.15) is 0 Å². The lowest BCUT2D eigenvalue weighted by Gasteiger charge is -2.17. The highest BCUT2D eigenvalue weighted by atomic mass is 35.5. The number of anilines is 1. The molecule has 1 aromatic carbocycles. The first-order valence-corrected chi connectivity index (χ1v) is 6.39. The fourth-order valence-electron chi connectivity index (χ4n) is 1.57. The molecule has 0 amide bonds. The number of thiophene rings is 1. The summed E-state index contributed by atoms with van der Waals surface area (Å²) in [4.78, 5) is 13.4. The molecule has 0 spiro atoms. The third kappa shape index (κ3) is 2.87. The van der Waals surface area contributed by atoms with Crippen LogP contribution in [0.3, 0.4) is 0 Å². The van der Waals surface area contributed by atoms with E-state index in [1.165, 1.54) is 11.3 Å². The van der Waals surface area contributed by atoms with Crippen molar-refractivity contribution in [3.8, 4) is 0 Å². The Hall–Kier alpha value is -1.32. The van der Waals surface area contributed by atoms with Gasteiger partial charge in [0, 0.05) is 18.6 Å². The third-order valence-corrected chi connectivity index (χ3v) is 3.96. The summed E-state index contributed by atoms with van der Waals surface area (Å²) in [7, 11) is 1.99. The molecule has 0 saturated heterocycles. The first-order chi connectivity index (χ1) is 8.20. The van der Waals surface area contributed by atoms with Crippen molar-refractivity contribution < 1.29 is 4.79 Å². The fourth-order valence-corrected chi connectivity index (χ4v) is 2.55. The zero-order valence-electron chi connectivity index (χ0n) is 9.39. The predicted octanol–water partition coefficient (Wildman–Crippen LogP) is 3.85. The average molecular weight is 266 g/mol. The lowest BCUT2D eigenvalue weighted by Crippen LogP contribution is -2.15. The van der Waals surface area contributed by atoms with E-state index in [1.54, 1.807) is 0 Å². The molecule has 0 fully saturated rings. The Kier molecular flexibility index (Phi) is 3.82. The van der Waals surface area contributed by atoms with E-state index in [-0.39, 0.29) is 0 Å². The molecule has 1 heterocycles. The lowest BCUT2D eigenvalue weighted by molar-refractivity contribution is 0.112. The number of rotatable bonds is 4. The predicted molar refractivity (Wildman–Crippen MR) is 73.3 cm³/mol. The maximum atomic E-state index is 10.6. The number of benzene rings is 1. The molecule has 0 aliphatic heterocycles. The van der Waals surface area contributed by atoms with Gasteiger partial charge in [-0.3, -0.25) is 4.79 Å². The van der Waals surface area contributed by atoms with Gasteiger partial charge < -0.3 is 4.90 Å². The summed E-state index contributed by atoms with van der Waals surface area (Å²) in [6.07, 6.45) is 0.873. The molecule has 2 aromatic rings. The number of nitrogens with zero attached hydrogens (tertiary/aromatic N) is 1. The normalized spacial score (nSPS) is 10.2. The molecule has 2 rings (SSSR count). The number of hydrogen-bond donors (Lipinski definition) is 0. The standard InChI is InChI=1S/C13H12ClNOS/c1-15(13-7-6-11(9-16)17-13)8-10-4-2-3-5-12(10)14/h2-7,9H,8H2,1H3. The molecular formula is C13H12ClNOS. The molecule has 0 saturated carbocycles. The van der Waals surface area contributed by atoms with E-state index in [0.717, 1.165) is 33.3 Å².